The Balaban J connectivity index is 2.11. The van der Waals surface area contributed by atoms with E-state index in [0.717, 1.165) is 37.7 Å². The maximum Gasteiger partial charge on any atom is 0.183 e. The molecule has 0 bridgehead atoms. The highest BCUT2D eigenvalue weighted by Crippen LogP contribution is 2.30. The highest BCUT2D eigenvalue weighted by atomic mass is 19.2. The number of hydrogen-bond donors (Lipinski definition) is 2. The van der Waals surface area contributed by atoms with E-state index in [4.69, 9.17) is 5.73 Å². The first kappa shape index (κ1) is 12.1. The third-order valence-electron chi connectivity index (χ3n) is 3.49. The van der Waals surface area contributed by atoms with Crippen LogP contribution in [0.25, 0.3) is 0 Å². The van der Waals surface area contributed by atoms with E-state index in [1.54, 1.807) is 0 Å². The predicted octanol–water partition coefficient (Wildman–Crippen LogP) is 3.54. The fraction of sp³-hybridized carbons (Fsp3) is 0.538. The monoisotopic (exact) mass is 240 g/mol. The SMILES string of the molecule is CC1CCC(Nc2c(N)ccc(F)c2F)CC1. The van der Waals surface area contributed by atoms with E-state index in [2.05, 4.69) is 12.2 Å². The number of halogens is 2. The fourth-order valence-corrected chi connectivity index (χ4v) is 2.32. The van der Waals surface area contributed by atoms with Crippen molar-refractivity contribution in [1.82, 2.24) is 0 Å². The molecule has 1 aromatic carbocycles. The molecule has 0 amide bonds. The maximum absolute atomic E-state index is 13.6. The van der Waals surface area contributed by atoms with Gasteiger partial charge in [-0.1, -0.05) is 6.92 Å². The van der Waals surface area contributed by atoms with E-state index in [1.165, 1.54) is 6.07 Å². The minimum atomic E-state index is -0.872. The Morgan fingerprint density at radius 3 is 2.47 bits per heavy atom. The molecule has 2 nitrogen and oxygen atoms in total. The average Bonchev–Trinajstić information content (AvgIpc) is 2.32. The van der Waals surface area contributed by atoms with E-state index >= 15 is 0 Å². The summed E-state index contributed by atoms with van der Waals surface area (Å²) in [7, 11) is 0. The van der Waals surface area contributed by atoms with Crippen molar-refractivity contribution < 1.29 is 8.78 Å². The average molecular weight is 240 g/mol. The van der Waals surface area contributed by atoms with Gasteiger partial charge in [-0.05, 0) is 43.7 Å². The zero-order valence-corrected chi connectivity index (χ0v) is 9.97. The molecular formula is C13H18F2N2. The number of rotatable bonds is 2. The molecule has 0 spiro atoms. The first-order valence-corrected chi connectivity index (χ1v) is 6.08. The van der Waals surface area contributed by atoms with Gasteiger partial charge in [-0.3, -0.25) is 0 Å². The largest absolute Gasteiger partial charge is 0.397 e. The van der Waals surface area contributed by atoms with Gasteiger partial charge in [0.1, 0.15) is 0 Å². The Kier molecular flexibility index (Phi) is 3.50. The smallest absolute Gasteiger partial charge is 0.183 e. The lowest BCUT2D eigenvalue weighted by Crippen LogP contribution is -2.26. The zero-order chi connectivity index (χ0) is 12.4. The van der Waals surface area contributed by atoms with Gasteiger partial charge in [-0.2, -0.15) is 0 Å². The molecular weight excluding hydrogens is 222 g/mol. The van der Waals surface area contributed by atoms with Crippen LogP contribution in [-0.2, 0) is 0 Å². The molecule has 3 N–H and O–H groups in total. The summed E-state index contributed by atoms with van der Waals surface area (Å²) in [4.78, 5) is 0. The Morgan fingerprint density at radius 1 is 1.18 bits per heavy atom. The zero-order valence-electron chi connectivity index (χ0n) is 9.97. The van der Waals surface area contributed by atoms with E-state index in [-0.39, 0.29) is 17.4 Å². The van der Waals surface area contributed by atoms with E-state index < -0.39 is 11.6 Å². The van der Waals surface area contributed by atoms with Crippen molar-refractivity contribution in [3.8, 4) is 0 Å². The molecule has 0 radical (unpaired) electrons. The second-order valence-electron chi connectivity index (χ2n) is 4.93. The molecule has 94 valence electrons. The van der Waals surface area contributed by atoms with Gasteiger partial charge in [0.15, 0.2) is 11.6 Å². The van der Waals surface area contributed by atoms with Crippen molar-refractivity contribution in [2.75, 3.05) is 11.1 Å². The maximum atomic E-state index is 13.6. The summed E-state index contributed by atoms with van der Waals surface area (Å²) in [5.74, 6) is -1.00. The number of nitrogens with two attached hydrogens (primary N) is 1. The molecule has 0 saturated heterocycles. The molecule has 0 atom stereocenters. The summed E-state index contributed by atoms with van der Waals surface area (Å²) in [6.07, 6.45) is 4.20. The van der Waals surface area contributed by atoms with Crippen LogP contribution in [-0.4, -0.2) is 6.04 Å². The molecule has 0 aliphatic heterocycles. The molecule has 1 aliphatic rings. The second-order valence-corrected chi connectivity index (χ2v) is 4.93. The van der Waals surface area contributed by atoms with Crippen LogP contribution >= 0.6 is 0 Å². The van der Waals surface area contributed by atoms with Gasteiger partial charge >= 0.3 is 0 Å². The molecule has 1 fully saturated rings. The normalized spacial score (nSPS) is 24.6. The molecule has 1 saturated carbocycles. The van der Waals surface area contributed by atoms with Gasteiger partial charge in [-0.15, -0.1) is 0 Å². The van der Waals surface area contributed by atoms with Gasteiger partial charge in [0, 0.05) is 6.04 Å². The summed E-state index contributed by atoms with van der Waals surface area (Å²) in [6, 6.07) is 2.65. The Bertz CT molecular complexity index is 399. The van der Waals surface area contributed by atoms with Crippen molar-refractivity contribution in [2.24, 2.45) is 5.92 Å². The summed E-state index contributed by atoms with van der Waals surface area (Å²) >= 11 is 0. The van der Waals surface area contributed by atoms with Crippen molar-refractivity contribution in [3.63, 3.8) is 0 Å². The first-order valence-electron chi connectivity index (χ1n) is 6.08. The van der Waals surface area contributed by atoms with Crippen LogP contribution in [0, 0.1) is 17.6 Å². The third-order valence-corrected chi connectivity index (χ3v) is 3.49. The van der Waals surface area contributed by atoms with Crippen LogP contribution in [0.3, 0.4) is 0 Å². The summed E-state index contributed by atoms with van der Waals surface area (Å²) in [5.41, 5.74) is 6.05. The minimum Gasteiger partial charge on any atom is -0.397 e. The minimum absolute atomic E-state index is 0.115. The highest BCUT2D eigenvalue weighted by Gasteiger charge is 2.20. The van der Waals surface area contributed by atoms with Crippen molar-refractivity contribution in [3.05, 3.63) is 23.8 Å². The van der Waals surface area contributed by atoms with Crippen LogP contribution in [0.1, 0.15) is 32.6 Å². The second kappa shape index (κ2) is 4.90. The summed E-state index contributed by atoms with van der Waals surface area (Å²) in [6.45, 7) is 2.22. The molecule has 4 heteroatoms. The van der Waals surface area contributed by atoms with Gasteiger partial charge in [0.2, 0.25) is 0 Å². The van der Waals surface area contributed by atoms with Crippen LogP contribution in [0.4, 0.5) is 20.2 Å². The molecule has 17 heavy (non-hydrogen) atoms. The van der Waals surface area contributed by atoms with Gasteiger partial charge in [-0.25, -0.2) is 8.78 Å². The first-order chi connectivity index (χ1) is 8.08. The fourth-order valence-electron chi connectivity index (χ4n) is 2.32. The number of nitrogen functional groups attached to an aromatic ring is 1. The Hall–Kier alpha value is -1.32. The third kappa shape index (κ3) is 2.68. The van der Waals surface area contributed by atoms with Gasteiger partial charge < -0.3 is 11.1 Å². The summed E-state index contributed by atoms with van der Waals surface area (Å²) < 4.78 is 26.7. The molecule has 0 heterocycles. The quantitative estimate of drug-likeness (QED) is 0.776. The molecule has 0 unspecified atom stereocenters. The Morgan fingerprint density at radius 2 is 1.82 bits per heavy atom. The van der Waals surface area contributed by atoms with Crippen LogP contribution < -0.4 is 11.1 Å². The lowest BCUT2D eigenvalue weighted by atomic mass is 9.87. The molecule has 1 aromatic rings. The lowest BCUT2D eigenvalue weighted by Gasteiger charge is -2.28. The number of anilines is 2. The van der Waals surface area contributed by atoms with Crippen molar-refractivity contribution >= 4 is 11.4 Å². The van der Waals surface area contributed by atoms with E-state index in [1.807, 2.05) is 0 Å². The van der Waals surface area contributed by atoms with Gasteiger partial charge in [0.05, 0.1) is 11.4 Å². The van der Waals surface area contributed by atoms with Crippen LogP contribution in [0.2, 0.25) is 0 Å². The highest BCUT2D eigenvalue weighted by molar-refractivity contribution is 5.67. The Labute approximate surface area is 100 Å². The van der Waals surface area contributed by atoms with Crippen LogP contribution in [0.5, 0.6) is 0 Å². The van der Waals surface area contributed by atoms with Crippen molar-refractivity contribution in [2.45, 2.75) is 38.6 Å². The van der Waals surface area contributed by atoms with Crippen LogP contribution in [0.15, 0.2) is 12.1 Å². The number of benzene rings is 1. The topological polar surface area (TPSA) is 38.0 Å². The summed E-state index contributed by atoms with van der Waals surface area (Å²) in [5, 5.41) is 3.04. The lowest BCUT2D eigenvalue weighted by molar-refractivity contribution is 0.360. The molecule has 1 aliphatic carbocycles. The predicted molar refractivity (Wildman–Crippen MR) is 65.8 cm³/mol. The van der Waals surface area contributed by atoms with Gasteiger partial charge in [0.25, 0.3) is 0 Å². The molecule has 2 rings (SSSR count). The standard InChI is InChI=1S/C13H18F2N2/c1-8-2-4-9(5-3-8)17-13-11(16)7-6-10(14)12(13)15/h6-9,17H,2-5,16H2,1H3. The molecule has 0 aromatic heterocycles. The van der Waals surface area contributed by atoms with E-state index in [0.29, 0.717) is 0 Å². The number of nitrogens with one attached hydrogen (secondary N) is 1. The van der Waals surface area contributed by atoms with Crippen molar-refractivity contribution in [1.29, 1.82) is 0 Å². The van der Waals surface area contributed by atoms with E-state index in [9.17, 15) is 8.78 Å². The number of hydrogen-bond acceptors (Lipinski definition) is 2.